The van der Waals surface area contributed by atoms with Gasteiger partial charge < -0.3 is 18.9 Å². The zero-order chi connectivity index (χ0) is 22.4. The highest BCUT2D eigenvalue weighted by Crippen LogP contribution is 2.40. The molecule has 0 aliphatic carbocycles. The molecule has 0 N–H and O–H groups in total. The monoisotopic (exact) mass is 445 g/mol. The number of hydrogen-bond acceptors (Lipinski definition) is 6. The number of anilines is 1. The van der Waals surface area contributed by atoms with Crippen molar-refractivity contribution in [3.05, 3.63) is 66.0 Å². The van der Waals surface area contributed by atoms with Gasteiger partial charge in [0.1, 0.15) is 17.4 Å². The Morgan fingerprint density at radius 3 is 2.67 bits per heavy atom. The summed E-state index contributed by atoms with van der Waals surface area (Å²) in [7, 11) is 1.69. The molecule has 0 bridgehead atoms. The molecule has 1 saturated heterocycles. The molecule has 33 heavy (non-hydrogen) atoms. The van der Waals surface area contributed by atoms with Crippen molar-refractivity contribution in [1.29, 1.82) is 0 Å². The first-order valence-electron chi connectivity index (χ1n) is 11.2. The Morgan fingerprint density at radius 2 is 1.88 bits per heavy atom. The van der Waals surface area contributed by atoms with E-state index in [0.717, 1.165) is 48.6 Å². The number of imidazole rings is 1. The SMILES string of the molecule is COc1ccccc1[C@@H]1CCc2nc3cc(F)c(-c4cnc(N5CCOCC5)nc4)cc3n21. The Kier molecular flexibility index (Phi) is 4.95. The molecule has 1 fully saturated rings. The fourth-order valence-electron chi connectivity index (χ4n) is 4.93. The van der Waals surface area contributed by atoms with Crippen LogP contribution in [0.5, 0.6) is 5.75 Å². The molecule has 0 spiro atoms. The maximum absolute atomic E-state index is 15.1. The van der Waals surface area contributed by atoms with Gasteiger partial charge in [-0.1, -0.05) is 18.2 Å². The summed E-state index contributed by atoms with van der Waals surface area (Å²) in [5, 5.41) is 0. The fraction of sp³-hybridized carbons (Fsp3) is 0.320. The molecule has 0 saturated carbocycles. The fourth-order valence-corrected chi connectivity index (χ4v) is 4.93. The molecule has 6 rings (SSSR count). The third-order valence-electron chi connectivity index (χ3n) is 6.55. The highest BCUT2D eigenvalue weighted by atomic mass is 19.1. The zero-order valence-corrected chi connectivity index (χ0v) is 18.4. The molecule has 2 aromatic carbocycles. The minimum atomic E-state index is -0.323. The average Bonchev–Trinajstić information content (AvgIpc) is 3.43. The van der Waals surface area contributed by atoms with E-state index in [4.69, 9.17) is 14.5 Å². The van der Waals surface area contributed by atoms with Gasteiger partial charge in [0.05, 0.1) is 37.4 Å². The summed E-state index contributed by atoms with van der Waals surface area (Å²) in [6.07, 6.45) is 5.16. The van der Waals surface area contributed by atoms with E-state index in [9.17, 15) is 0 Å². The molecule has 8 heteroatoms. The number of nitrogens with zero attached hydrogens (tertiary/aromatic N) is 5. The van der Waals surface area contributed by atoms with Crippen molar-refractivity contribution in [2.24, 2.45) is 0 Å². The molecule has 7 nitrogen and oxygen atoms in total. The first kappa shape index (κ1) is 20.1. The second kappa shape index (κ2) is 8.12. The highest BCUT2D eigenvalue weighted by molar-refractivity contribution is 5.83. The van der Waals surface area contributed by atoms with Crippen molar-refractivity contribution in [1.82, 2.24) is 19.5 Å². The predicted molar refractivity (Wildman–Crippen MR) is 123 cm³/mol. The molecule has 4 aromatic rings. The summed E-state index contributed by atoms with van der Waals surface area (Å²) in [5.41, 5.74) is 3.81. The van der Waals surface area contributed by atoms with Crippen molar-refractivity contribution < 1.29 is 13.9 Å². The molecule has 0 unspecified atom stereocenters. The molecule has 168 valence electrons. The lowest BCUT2D eigenvalue weighted by molar-refractivity contribution is 0.122. The highest BCUT2D eigenvalue weighted by Gasteiger charge is 2.29. The molecular formula is C25H24FN5O2. The lowest BCUT2D eigenvalue weighted by Gasteiger charge is -2.26. The zero-order valence-electron chi connectivity index (χ0n) is 18.4. The Labute approximate surface area is 190 Å². The van der Waals surface area contributed by atoms with Gasteiger partial charge in [-0.05, 0) is 18.6 Å². The van der Waals surface area contributed by atoms with Crippen LogP contribution in [0.1, 0.15) is 23.9 Å². The summed E-state index contributed by atoms with van der Waals surface area (Å²) in [5.74, 6) is 2.14. The summed E-state index contributed by atoms with van der Waals surface area (Å²) in [6, 6.07) is 11.6. The maximum Gasteiger partial charge on any atom is 0.225 e. The van der Waals surface area contributed by atoms with Gasteiger partial charge in [-0.3, -0.25) is 0 Å². The van der Waals surface area contributed by atoms with Crippen LogP contribution in [0.3, 0.4) is 0 Å². The molecule has 2 aromatic heterocycles. The average molecular weight is 445 g/mol. The van der Waals surface area contributed by atoms with Crippen molar-refractivity contribution in [3.8, 4) is 16.9 Å². The van der Waals surface area contributed by atoms with Gasteiger partial charge in [-0.25, -0.2) is 19.3 Å². The Morgan fingerprint density at radius 1 is 1.09 bits per heavy atom. The normalized spacial score (nSPS) is 18.0. The van der Waals surface area contributed by atoms with E-state index < -0.39 is 0 Å². The van der Waals surface area contributed by atoms with Crippen LogP contribution >= 0.6 is 0 Å². The van der Waals surface area contributed by atoms with Crippen LogP contribution in [0, 0.1) is 5.82 Å². The Hall–Kier alpha value is -3.52. The van der Waals surface area contributed by atoms with E-state index in [2.05, 4.69) is 25.5 Å². The van der Waals surface area contributed by atoms with E-state index in [0.29, 0.717) is 35.8 Å². The minimum Gasteiger partial charge on any atom is -0.496 e. The number of ether oxygens (including phenoxy) is 2. The van der Waals surface area contributed by atoms with Crippen LogP contribution in [0.4, 0.5) is 10.3 Å². The van der Waals surface area contributed by atoms with E-state index in [-0.39, 0.29) is 11.9 Å². The number of para-hydroxylation sites is 1. The lowest BCUT2D eigenvalue weighted by atomic mass is 10.0. The Balaban J connectivity index is 1.41. The van der Waals surface area contributed by atoms with Crippen molar-refractivity contribution in [3.63, 3.8) is 0 Å². The number of benzene rings is 2. The van der Waals surface area contributed by atoms with Crippen LogP contribution in [0.15, 0.2) is 48.8 Å². The van der Waals surface area contributed by atoms with Gasteiger partial charge in [0.2, 0.25) is 5.95 Å². The quantitative estimate of drug-likeness (QED) is 0.473. The molecule has 0 radical (unpaired) electrons. The van der Waals surface area contributed by atoms with Gasteiger partial charge >= 0.3 is 0 Å². The van der Waals surface area contributed by atoms with E-state index in [1.807, 2.05) is 24.3 Å². The van der Waals surface area contributed by atoms with Gasteiger partial charge in [0, 0.05) is 54.7 Å². The summed E-state index contributed by atoms with van der Waals surface area (Å²) in [4.78, 5) is 15.8. The second-order valence-electron chi connectivity index (χ2n) is 8.39. The number of hydrogen-bond donors (Lipinski definition) is 0. The van der Waals surface area contributed by atoms with E-state index in [1.165, 1.54) is 6.07 Å². The number of halogens is 1. The summed E-state index contributed by atoms with van der Waals surface area (Å²) in [6.45, 7) is 2.84. The van der Waals surface area contributed by atoms with Crippen molar-refractivity contribution in [2.75, 3.05) is 38.3 Å². The van der Waals surface area contributed by atoms with Crippen molar-refractivity contribution in [2.45, 2.75) is 18.9 Å². The topological polar surface area (TPSA) is 65.3 Å². The number of morpholine rings is 1. The van der Waals surface area contributed by atoms with Gasteiger partial charge in [0.25, 0.3) is 0 Å². The Bertz CT molecular complexity index is 1310. The van der Waals surface area contributed by atoms with Gasteiger partial charge in [-0.15, -0.1) is 0 Å². The van der Waals surface area contributed by atoms with Gasteiger partial charge in [0.15, 0.2) is 0 Å². The molecule has 1 atom stereocenters. The third-order valence-corrected chi connectivity index (χ3v) is 6.55. The number of fused-ring (bicyclic) bond motifs is 3. The second-order valence-corrected chi connectivity index (χ2v) is 8.39. The van der Waals surface area contributed by atoms with Crippen LogP contribution in [-0.4, -0.2) is 52.9 Å². The summed E-state index contributed by atoms with van der Waals surface area (Å²) < 4.78 is 28.3. The standard InChI is InChI=1S/C25H24FN5O2/c1-32-23-5-3-2-4-17(23)21-6-7-24-29-20-13-19(26)18(12-22(20)31(21)24)16-14-27-25(28-15-16)30-8-10-33-11-9-30/h2-5,12-15,21H,6-11H2,1H3/t21-/m0/s1. The molecule has 2 aliphatic heterocycles. The number of aromatic nitrogens is 4. The third kappa shape index (κ3) is 3.41. The number of aryl methyl sites for hydroxylation is 1. The first-order chi connectivity index (χ1) is 16.2. The largest absolute Gasteiger partial charge is 0.496 e. The van der Waals surface area contributed by atoms with Crippen LogP contribution in [-0.2, 0) is 11.2 Å². The van der Waals surface area contributed by atoms with Crippen molar-refractivity contribution >= 4 is 17.0 Å². The molecule has 2 aliphatic rings. The summed E-state index contributed by atoms with van der Waals surface area (Å²) >= 11 is 0. The predicted octanol–water partition coefficient (Wildman–Crippen LogP) is 4.01. The number of methoxy groups -OCH3 is 1. The van der Waals surface area contributed by atoms with Crippen LogP contribution in [0.25, 0.3) is 22.2 Å². The smallest absolute Gasteiger partial charge is 0.225 e. The van der Waals surface area contributed by atoms with Crippen LogP contribution < -0.4 is 9.64 Å². The number of rotatable bonds is 4. The van der Waals surface area contributed by atoms with E-state index in [1.54, 1.807) is 19.5 Å². The molecule has 4 heterocycles. The van der Waals surface area contributed by atoms with Gasteiger partial charge in [-0.2, -0.15) is 0 Å². The minimum absolute atomic E-state index is 0.0967. The maximum atomic E-state index is 15.1. The lowest BCUT2D eigenvalue weighted by Crippen LogP contribution is -2.37. The van der Waals surface area contributed by atoms with Crippen LogP contribution in [0.2, 0.25) is 0 Å². The molecule has 0 amide bonds. The first-order valence-corrected chi connectivity index (χ1v) is 11.2. The molecular weight excluding hydrogens is 421 g/mol. The van der Waals surface area contributed by atoms with E-state index >= 15 is 4.39 Å².